The number of rotatable bonds is 5. The minimum absolute atomic E-state index is 0.280. The average molecular weight is 396 g/mol. The number of nitrogens with one attached hydrogen (secondary N) is 1. The molecule has 2 atom stereocenters. The van der Waals surface area contributed by atoms with Gasteiger partial charge in [0.25, 0.3) is 0 Å². The predicted molar refractivity (Wildman–Crippen MR) is 103 cm³/mol. The number of amides is 1. The number of carbonyl (C=O) groups excluding carboxylic acids is 2. The molecular formula is C21H17FN2O3S. The Hall–Kier alpha value is -3.11. The number of halogens is 1. The zero-order chi connectivity index (χ0) is 20.1. The SMILES string of the molecule is COC(=O)[C@@H]1C(=O)NC(SCc2cccc(F)c2)=C(C#N)[C@H]1c1ccccc1. The lowest BCUT2D eigenvalue weighted by Crippen LogP contribution is -2.44. The van der Waals surface area contributed by atoms with Crippen LogP contribution in [0, 0.1) is 23.1 Å². The Bertz CT molecular complexity index is 969. The summed E-state index contributed by atoms with van der Waals surface area (Å²) in [6.07, 6.45) is 0. The van der Waals surface area contributed by atoms with E-state index in [1.54, 1.807) is 36.4 Å². The molecule has 0 bridgehead atoms. The highest BCUT2D eigenvalue weighted by atomic mass is 32.2. The Morgan fingerprint density at radius 2 is 2.00 bits per heavy atom. The standard InChI is InChI=1S/C21H17FN2O3S/c1-27-21(26)18-17(14-7-3-2-4-8-14)16(11-23)20(24-19(18)25)28-12-13-6-5-9-15(22)10-13/h2-10,17-18H,12H2,1H3,(H,24,25)/t17-,18+/m1/s1. The van der Waals surface area contributed by atoms with Crippen LogP contribution in [0.15, 0.2) is 65.2 Å². The number of nitrogens with zero attached hydrogens (tertiary/aromatic N) is 1. The number of carbonyl (C=O) groups is 2. The summed E-state index contributed by atoms with van der Waals surface area (Å²) in [5.74, 6) is -3.12. The van der Waals surface area contributed by atoms with Gasteiger partial charge in [-0.25, -0.2) is 4.39 Å². The van der Waals surface area contributed by atoms with E-state index in [0.29, 0.717) is 16.3 Å². The van der Waals surface area contributed by atoms with E-state index in [9.17, 15) is 19.2 Å². The monoisotopic (exact) mass is 396 g/mol. The summed E-state index contributed by atoms with van der Waals surface area (Å²) in [5.41, 5.74) is 1.67. The molecule has 142 valence electrons. The minimum atomic E-state index is -1.15. The molecule has 28 heavy (non-hydrogen) atoms. The first-order chi connectivity index (χ1) is 13.5. The Morgan fingerprint density at radius 3 is 2.64 bits per heavy atom. The number of nitriles is 1. The maximum Gasteiger partial charge on any atom is 0.319 e. The summed E-state index contributed by atoms with van der Waals surface area (Å²) in [6.45, 7) is 0. The summed E-state index contributed by atoms with van der Waals surface area (Å²) in [7, 11) is 1.21. The van der Waals surface area contributed by atoms with E-state index in [0.717, 1.165) is 5.56 Å². The first-order valence-corrected chi connectivity index (χ1v) is 9.49. The molecule has 2 aromatic carbocycles. The van der Waals surface area contributed by atoms with Crippen molar-refractivity contribution in [1.29, 1.82) is 5.26 Å². The topological polar surface area (TPSA) is 79.2 Å². The molecule has 0 fully saturated rings. The molecule has 7 heteroatoms. The summed E-state index contributed by atoms with van der Waals surface area (Å²) in [4.78, 5) is 25.0. The van der Waals surface area contributed by atoms with Gasteiger partial charge in [0.05, 0.1) is 23.8 Å². The van der Waals surface area contributed by atoms with Gasteiger partial charge in [0.1, 0.15) is 11.7 Å². The summed E-state index contributed by atoms with van der Waals surface area (Å²) >= 11 is 1.22. The van der Waals surface area contributed by atoms with Crippen molar-refractivity contribution in [2.45, 2.75) is 11.7 Å². The maximum atomic E-state index is 13.4. The van der Waals surface area contributed by atoms with Crippen molar-refractivity contribution in [3.63, 3.8) is 0 Å². The highest BCUT2D eigenvalue weighted by Gasteiger charge is 2.44. The lowest BCUT2D eigenvalue weighted by atomic mass is 9.78. The molecule has 0 aromatic heterocycles. The van der Waals surface area contributed by atoms with Crippen LogP contribution in [0.2, 0.25) is 0 Å². The first kappa shape index (κ1) is 19.6. The van der Waals surface area contributed by atoms with Crippen molar-refractivity contribution >= 4 is 23.6 Å². The van der Waals surface area contributed by atoms with Gasteiger partial charge in [0.15, 0.2) is 0 Å². The fourth-order valence-electron chi connectivity index (χ4n) is 3.12. The van der Waals surface area contributed by atoms with Crippen LogP contribution in [-0.4, -0.2) is 19.0 Å². The van der Waals surface area contributed by atoms with Gasteiger partial charge >= 0.3 is 5.97 Å². The van der Waals surface area contributed by atoms with E-state index in [1.165, 1.54) is 31.0 Å². The molecule has 0 saturated heterocycles. The van der Waals surface area contributed by atoms with Crippen molar-refractivity contribution in [2.75, 3.05) is 7.11 Å². The van der Waals surface area contributed by atoms with Crippen molar-refractivity contribution in [3.05, 3.63) is 82.1 Å². The number of allylic oxidation sites excluding steroid dienone is 1. The molecule has 0 spiro atoms. The number of thioether (sulfide) groups is 1. The van der Waals surface area contributed by atoms with Crippen LogP contribution >= 0.6 is 11.8 Å². The van der Waals surface area contributed by atoms with E-state index in [4.69, 9.17) is 4.74 Å². The second kappa shape index (κ2) is 8.72. The smallest absolute Gasteiger partial charge is 0.319 e. The molecular weight excluding hydrogens is 379 g/mol. The van der Waals surface area contributed by atoms with Crippen LogP contribution in [0.3, 0.4) is 0 Å². The lowest BCUT2D eigenvalue weighted by Gasteiger charge is -2.31. The zero-order valence-electron chi connectivity index (χ0n) is 15.0. The fraction of sp³-hybridized carbons (Fsp3) is 0.190. The number of hydrogen-bond acceptors (Lipinski definition) is 5. The Morgan fingerprint density at radius 1 is 1.25 bits per heavy atom. The Balaban J connectivity index is 2.00. The fourth-order valence-corrected chi connectivity index (χ4v) is 4.11. The Labute approximate surface area is 166 Å². The van der Waals surface area contributed by atoms with Crippen LogP contribution in [-0.2, 0) is 20.1 Å². The third kappa shape index (κ3) is 4.07. The van der Waals surface area contributed by atoms with Crippen molar-refractivity contribution in [1.82, 2.24) is 5.32 Å². The van der Waals surface area contributed by atoms with Gasteiger partial charge in [-0.1, -0.05) is 42.5 Å². The van der Waals surface area contributed by atoms with E-state index in [1.807, 2.05) is 6.07 Å². The zero-order valence-corrected chi connectivity index (χ0v) is 15.8. The van der Waals surface area contributed by atoms with Crippen LogP contribution < -0.4 is 5.32 Å². The molecule has 1 heterocycles. The molecule has 1 aliphatic heterocycles. The van der Waals surface area contributed by atoms with Gasteiger partial charge in [0, 0.05) is 11.7 Å². The molecule has 2 aromatic rings. The highest BCUT2D eigenvalue weighted by Crippen LogP contribution is 2.40. The van der Waals surface area contributed by atoms with E-state index in [-0.39, 0.29) is 11.4 Å². The molecule has 1 amide bonds. The van der Waals surface area contributed by atoms with E-state index >= 15 is 0 Å². The minimum Gasteiger partial charge on any atom is -0.468 e. The molecule has 5 nitrogen and oxygen atoms in total. The second-order valence-corrected chi connectivity index (χ2v) is 7.14. The van der Waals surface area contributed by atoms with Gasteiger partial charge in [-0.05, 0) is 23.3 Å². The molecule has 0 saturated carbocycles. The summed E-state index contributed by atoms with van der Waals surface area (Å²) in [5, 5.41) is 12.8. The molecule has 1 N–H and O–H groups in total. The normalized spacial score (nSPS) is 19.0. The van der Waals surface area contributed by atoms with E-state index in [2.05, 4.69) is 11.4 Å². The number of hydrogen-bond donors (Lipinski definition) is 1. The van der Waals surface area contributed by atoms with Gasteiger partial charge in [-0.2, -0.15) is 5.26 Å². The molecule has 0 radical (unpaired) electrons. The van der Waals surface area contributed by atoms with Crippen LogP contribution in [0.1, 0.15) is 17.0 Å². The molecule has 0 aliphatic carbocycles. The Kier molecular flexibility index (Phi) is 6.12. The summed E-state index contributed by atoms with van der Waals surface area (Å²) < 4.78 is 18.2. The molecule has 3 rings (SSSR count). The largest absolute Gasteiger partial charge is 0.468 e. The highest BCUT2D eigenvalue weighted by molar-refractivity contribution is 8.02. The van der Waals surface area contributed by atoms with Crippen molar-refractivity contribution in [3.8, 4) is 6.07 Å². The first-order valence-electron chi connectivity index (χ1n) is 8.50. The summed E-state index contributed by atoms with van der Waals surface area (Å²) in [6, 6.07) is 17.2. The quantitative estimate of drug-likeness (QED) is 0.618. The predicted octanol–water partition coefficient (Wildman–Crippen LogP) is 3.50. The maximum absolute atomic E-state index is 13.4. The van der Waals surface area contributed by atoms with Gasteiger partial charge in [0.2, 0.25) is 5.91 Å². The van der Waals surface area contributed by atoms with E-state index < -0.39 is 23.7 Å². The number of methoxy groups -OCH3 is 1. The van der Waals surface area contributed by atoms with Crippen LogP contribution in [0.25, 0.3) is 0 Å². The number of benzene rings is 2. The van der Waals surface area contributed by atoms with Crippen molar-refractivity contribution in [2.24, 2.45) is 5.92 Å². The van der Waals surface area contributed by atoms with Crippen molar-refractivity contribution < 1.29 is 18.7 Å². The van der Waals surface area contributed by atoms with Crippen LogP contribution in [0.5, 0.6) is 0 Å². The second-order valence-electron chi connectivity index (χ2n) is 6.15. The lowest BCUT2D eigenvalue weighted by molar-refractivity contribution is -0.150. The third-order valence-electron chi connectivity index (χ3n) is 4.41. The van der Waals surface area contributed by atoms with Gasteiger partial charge in [-0.3, -0.25) is 9.59 Å². The van der Waals surface area contributed by atoms with Crippen LogP contribution in [0.4, 0.5) is 4.39 Å². The number of esters is 1. The molecule has 1 aliphatic rings. The van der Waals surface area contributed by atoms with Gasteiger partial charge in [-0.15, -0.1) is 11.8 Å². The average Bonchev–Trinajstić information content (AvgIpc) is 2.71. The third-order valence-corrected chi connectivity index (χ3v) is 5.50. The van der Waals surface area contributed by atoms with Gasteiger partial charge < -0.3 is 10.1 Å². The number of ether oxygens (including phenoxy) is 1. The molecule has 0 unspecified atom stereocenters.